The van der Waals surface area contributed by atoms with E-state index in [9.17, 15) is 4.79 Å². The van der Waals surface area contributed by atoms with Crippen molar-refractivity contribution in [2.45, 2.75) is 12.6 Å². The van der Waals surface area contributed by atoms with Crippen LogP contribution < -0.4 is 10.1 Å². The fourth-order valence-corrected chi connectivity index (χ4v) is 3.67. The lowest BCUT2D eigenvalue weighted by Gasteiger charge is -2.31. The Bertz CT molecular complexity index is 957. The molecule has 1 atom stereocenters. The largest absolute Gasteiger partial charge is 0.489 e. The number of hydrogen-bond donors (Lipinski definition) is 1. The van der Waals surface area contributed by atoms with Crippen molar-refractivity contribution in [1.29, 1.82) is 0 Å². The first-order valence-electron chi connectivity index (χ1n) is 10.7. The van der Waals surface area contributed by atoms with E-state index in [1.165, 1.54) is 0 Å². The molecule has 4 rings (SSSR count). The maximum atomic E-state index is 13.1. The topological polar surface area (TPSA) is 50.8 Å². The van der Waals surface area contributed by atoms with Gasteiger partial charge in [-0.05, 0) is 29.3 Å². The molecule has 31 heavy (non-hydrogen) atoms. The van der Waals surface area contributed by atoms with Crippen LogP contribution in [0.4, 0.5) is 0 Å². The zero-order chi connectivity index (χ0) is 21.3. The Morgan fingerprint density at radius 2 is 1.65 bits per heavy atom. The normalized spacial score (nSPS) is 15.2. The van der Waals surface area contributed by atoms with E-state index in [1.807, 2.05) is 66.7 Å². The highest BCUT2D eigenvalue weighted by molar-refractivity contribution is 5.94. The van der Waals surface area contributed by atoms with Crippen LogP contribution in [0.2, 0.25) is 0 Å². The number of amides is 1. The lowest BCUT2D eigenvalue weighted by molar-refractivity contribution is 0.0332. The highest BCUT2D eigenvalue weighted by Gasteiger charge is 2.21. The number of hydrogen-bond acceptors (Lipinski definition) is 4. The first-order valence-corrected chi connectivity index (χ1v) is 10.7. The molecule has 0 aliphatic carbocycles. The molecule has 3 aromatic rings. The summed E-state index contributed by atoms with van der Waals surface area (Å²) < 4.78 is 11.4. The van der Waals surface area contributed by atoms with Gasteiger partial charge in [0.25, 0.3) is 5.91 Å². The van der Waals surface area contributed by atoms with Gasteiger partial charge in [-0.2, -0.15) is 0 Å². The lowest BCUT2D eigenvalue weighted by atomic mass is 10.1. The summed E-state index contributed by atoms with van der Waals surface area (Å²) in [7, 11) is 0. The molecule has 1 aliphatic heterocycles. The Kier molecular flexibility index (Phi) is 7.32. The molecule has 1 aliphatic rings. The van der Waals surface area contributed by atoms with E-state index in [0.29, 0.717) is 17.9 Å². The molecule has 5 nitrogen and oxygen atoms in total. The number of nitrogens with one attached hydrogen (secondary N) is 1. The van der Waals surface area contributed by atoms with Gasteiger partial charge in [0.2, 0.25) is 0 Å². The van der Waals surface area contributed by atoms with Crippen molar-refractivity contribution in [3.8, 4) is 5.75 Å². The van der Waals surface area contributed by atoms with Crippen molar-refractivity contribution in [2.24, 2.45) is 0 Å². The molecule has 0 aromatic heterocycles. The maximum Gasteiger partial charge on any atom is 0.251 e. The smallest absolute Gasteiger partial charge is 0.251 e. The van der Waals surface area contributed by atoms with Crippen LogP contribution in [0.3, 0.4) is 0 Å². The van der Waals surface area contributed by atoms with Gasteiger partial charge in [-0.15, -0.1) is 0 Å². The second-order valence-corrected chi connectivity index (χ2v) is 7.65. The van der Waals surface area contributed by atoms with Crippen LogP contribution >= 0.6 is 0 Å². The molecule has 160 valence electrons. The highest BCUT2D eigenvalue weighted by Crippen LogP contribution is 2.19. The number of morpholine rings is 1. The molecular weight excluding hydrogens is 388 g/mol. The minimum Gasteiger partial charge on any atom is -0.489 e. The second-order valence-electron chi connectivity index (χ2n) is 7.65. The first kappa shape index (κ1) is 21.1. The molecule has 1 amide bonds. The minimum atomic E-state index is -0.104. The fourth-order valence-electron chi connectivity index (χ4n) is 3.67. The van der Waals surface area contributed by atoms with Crippen molar-refractivity contribution in [1.82, 2.24) is 10.2 Å². The molecule has 0 radical (unpaired) electrons. The van der Waals surface area contributed by atoms with Crippen LogP contribution in [-0.2, 0) is 11.3 Å². The molecule has 5 heteroatoms. The molecule has 0 saturated carbocycles. The Balaban J connectivity index is 1.43. The van der Waals surface area contributed by atoms with Gasteiger partial charge < -0.3 is 14.8 Å². The van der Waals surface area contributed by atoms with Crippen LogP contribution in [0.1, 0.15) is 27.5 Å². The second kappa shape index (κ2) is 10.8. The molecule has 1 saturated heterocycles. The highest BCUT2D eigenvalue weighted by atomic mass is 16.5. The molecule has 0 spiro atoms. The van der Waals surface area contributed by atoms with Gasteiger partial charge in [0.15, 0.2) is 0 Å². The summed E-state index contributed by atoms with van der Waals surface area (Å²) in [6.07, 6.45) is 0. The zero-order valence-corrected chi connectivity index (χ0v) is 17.6. The van der Waals surface area contributed by atoms with Crippen molar-refractivity contribution in [3.05, 3.63) is 102 Å². The van der Waals surface area contributed by atoms with Crippen molar-refractivity contribution < 1.29 is 14.3 Å². The van der Waals surface area contributed by atoms with Gasteiger partial charge in [-0.25, -0.2) is 0 Å². The lowest BCUT2D eigenvalue weighted by Crippen LogP contribution is -2.43. The summed E-state index contributed by atoms with van der Waals surface area (Å²) in [4.78, 5) is 15.4. The van der Waals surface area contributed by atoms with Gasteiger partial charge in [-0.3, -0.25) is 9.69 Å². The summed E-state index contributed by atoms with van der Waals surface area (Å²) in [6.45, 7) is 4.44. The number of rotatable bonds is 8. The molecule has 1 unspecified atom stereocenters. The summed E-state index contributed by atoms with van der Waals surface area (Å²) in [5.41, 5.74) is 2.78. The summed E-state index contributed by atoms with van der Waals surface area (Å²) in [5.74, 6) is 0.577. The zero-order valence-electron chi connectivity index (χ0n) is 17.6. The Hall–Kier alpha value is -3.15. The predicted molar refractivity (Wildman–Crippen MR) is 121 cm³/mol. The van der Waals surface area contributed by atoms with E-state index in [1.54, 1.807) is 6.07 Å². The van der Waals surface area contributed by atoms with E-state index < -0.39 is 0 Å². The number of carbonyl (C=O) groups is 1. The number of benzene rings is 3. The van der Waals surface area contributed by atoms with E-state index in [-0.39, 0.29) is 11.9 Å². The SMILES string of the molecule is O=C(NC(CN1CCOCC1)c1ccccc1)c1cccc(OCc2ccccc2)c1. The maximum absolute atomic E-state index is 13.1. The molecule has 3 aromatic carbocycles. The molecule has 1 N–H and O–H groups in total. The number of nitrogens with zero attached hydrogens (tertiary/aromatic N) is 1. The molecular formula is C26H28N2O3. The third-order valence-corrected chi connectivity index (χ3v) is 5.40. The van der Waals surface area contributed by atoms with Crippen molar-refractivity contribution >= 4 is 5.91 Å². The summed E-state index contributed by atoms with van der Waals surface area (Å²) in [5, 5.41) is 3.22. The predicted octanol–water partition coefficient (Wildman–Crippen LogP) is 4.07. The van der Waals surface area contributed by atoms with E-state index in [0.717, 1.165) is 44.0 Å². The van der Waals surface area contributed by atoms with Gasteiger partial charge >= 0.3 is 0 Å². The average Bonchev–Trinajstić information content (AvgIpc) is 2.84. The van der Waals surface area contributed by atoms with Gasteiger partial charge in [-0.1, -0.05) is 66.7 Å². The first-order chi connectivity index (χ1) is 15.3. The van der Waals surface area contributed by atoms with E-state index in [2.05, 4.69) is 22.3 Å². The fraction of sp³-hybridized carbons (Fsp3) is 0.269. The Labute approximate surface area is 183 Å². The molecule has 1 heterocycles. The summed E-state index contributed by atoms with van der Waals surface area (Å²) >= 11 is 0. The minimum absolute atomic E-state index is 0.0966. The van der Waals surface area contributed by atoms with Crippen LogP contribution in [0.15, 0.2) is 84.9 Å². The molecule has 1 fully saturated rings. The quantitative estimate of drug-likeness (QED) is 0.602. The molecule has 0 bridgehead atoms. The third-order valence-electron chi connectivity index (χ3n) is 5.40. The van der Waals surface area contributed by atoms with Gasteiger partial charge in [0, 0.05) is 25.2 Å². The third kappa shape index (κ3) is 6.17. The Morgan fingerprint density at radius 1 is 0.935 bits per heavy atom. The van der Waals surface area contributed by atoms with Gasteiger partial charge in [0.05, 0.1) is 19.3 Å². The van der Waals surface area contributed by atoms with E-state index >= 15 is 0 Å². The Morgan fingerprint density at radius 3 is 2.39 bits per heavy atom. The average molecular weight is 417 g/mol. The van der Waals surface area contributed by atoms with Crippen LogP contribution in [0.5, 0.6) is 5.75 Å². The monoisotopic (exact) mass is 416 g/mol. The summed E-state index contributed by atoms with van der Waals surface area (Å²) in [6, 6.07) is 27.4. The van der Waals surface area contributed by atoms with Crippen molar-refractivity contribution in [3.63, 3.8) is 0 Å². The van der Waals surface area contributed by atoms with Crippen molar-refractivity contribution in [2.75, 3.05) is 32.8 Å². The number of carbonyl (C=O) groups excluding carboxylic acids is 1. The standard InChI is InChI=1S/C26H28N2O3/c29-26(23-12-7-13-24(18-23)31-20-21-8-3-1-4-9-21)27-25(22-10-5-2-6-11-22)19-28-14-16-30-17-15-28/h1-13,18,25H,14-17,19-20H2,(H,27,29). The van der Waals surface area contributed by atoms with Crippen LogP contribution in [0, 0.1) is 0 Å². The van der Waals surface area contributed by atoms with E-state index in [4.69, 9.17) is 9.47 Å². The van der Waals surface area contributed by atoms with Crippen LogP contribution in [-0.4, -0.2) is 43.7 Å². The number of ether oxygens (including phenoxy) is 2. The van der Waals surface area contributed by atoms with Crippen LogP contribution in [0.25, 0.3) is 0 Å². The van der Waals surface area contributed by atoms with Gasteiger partial charge in [0.1, 0.15) is 12.4 Å².